The number of rotatable bonds is 5. The van der Waals surface area contributed by atoms with Gasteiger partial charge >= 0.3 is 0 Å². The number of hydrogen-bond donors (Lipinski definition) is 1. The summed E-state index contributed by atoms with van der Waals surface area (Å²) in [5, 5.41) is 4.50. The van der Waals surface area contributed by atoms with Crippen LogP contribution in [0.2, 0.25) is 0 Å². The second-order valence-electron chi connectivity index (χ2n) is 6.18. The molecule has 1 N–H and O–H groups in total. The monoisotopic (exact) mass is 311 g/mol. The molecule has 2 atom stereocenters. The largest absolute Gasteiger partial charge is 0.309 e. The summed E-state index contributed by atoms with van der Waals surface area (Å²) in [7, 11) is 0. The van der Waals surface area contributed by atoms with Crippen LogP contribution in [0, 0.1) is 6.92 Å². The molecule has 3 rings (SSSR count). The molecule has 1 aliphatic carbocycles. The highest BCUT2D eigenvalue weighted by molar-refractivity contribution is 8.00. The third-order valence-electron chi connectivity index (χ3n) is 4.49. The first-order valence-corrected chi connectivity index (χ1v) is 9.20. The first-order valence-electron chi connectivity index (χ1n) is 8.32. The molecule has 0 aliphatic heterocycles. The standard InChI is InChI=1S/C20H25NS/c1-16-9-5-7-13-19(16)22-20-14-8-6-12-18(20)21-15-17-10-3-2-4-11-17/h2-5,7,9-11,13,18,20-21H,6,8,12,14-15H2,1H3/t18-,20-/m0/s1. The van der Waals surface area contributed by atoms with Crippen molar-refractivity contribution >= 4 is 11.8 Å². The van der Waals surface area contributed by atoms with E-state index in [4.69, 9.17) is 0 Å². The maximum Gasteiger partial charge on any atom is 0.0248 e. The SMILES string of the molecule is Cc1ccccc1S[C@H]1CCCC[C@@H]1NCc1ccccc1. The predicted molar refractivity (Wildman–Crippen MR) is 96.4 cm³/mol. The summed E-state index contributed by atoms with van der Waals surface area (Å²) in [5.41, 5.74) is 2.78. The Labute approximate surface area is 138 Å². The second kappa shape index (κ2) is 7.85. The Morgan fingerprint density at radius 3 is 2.50 bits per heavy atom. The van der Waals surface area contributed by atoms with Gasteiger partial charge in [0.25, 0.3) is 0 Å². The minimum absolute atomic E-state index is 0.624. The molecule has 0 aromatic heterocycles. The van der Waals surface area contributed by atoms with Gasteiger partial charge in [0.15, 0.2) is 0 Å². The Morgan fingerprint density at radius 1 is 0.955 bits per heavy atom. The van der Waals surface area contributed by atoms with Crippen molar-refractivity contribution in [3.63, 3.8) is 0 Å². The van der Waals surface area contributed by atoms with Crippen molar-refractivity contribution in [3.8, 4) is 0 Å². The van der Waals surface area contributed by atoms with Crippen molar-refractivity contribution in [1.29, 1.82) is 0 Å². The third kappa shape index (κ3) is 4.15. The number of aryl methyl sites for hydroxylation is 1. The summed E-state index contributed by atoms with van der Waals surface area (Å²) >= 11 is 2.07. The zero-order valence-corrected chi connectivity index (χ0v) is 14.1. The topological polar surface area (TPSA) is 12.0 Å². The molecule has 1 fully saturated rings. The van der Waals surface area contributed by atoms with Gasteiger partial charge in [-0.25, -0.2) is 0 Å². The lowest BCUT2D eigenvalue weighted by atomic mass is 9.94. The average Bonchev–Trinajstić information content (AvgIpc) is 2.57. The summed E-state index contributed by atoms with van der Waals surface area (Å²) in [6.07, 6.45) is 5.35. The van der Waals surface area contributed by atoms with Crippen molar-refractivity contribution in [2.75, 3.05) is 0 Å². The normalized spacial score (nSPS) is 21.7. The molecule has 2 heteroatoms. The van der Waals surface area contributed by atoms with Crippen molar-refractivity contribution in [2.24, 2.45) is 0 Å². The minimum Gasteiger partial charge on any atom is -0.309 e. The van der Waals surface area contributed by atoms with Crippen molar-refractivity contribution in [2.45, 2.75) is 55.3 Å². The van der Waals surface area contributed by atoms with Gasteiger partial charge in [-0.2, -0.15) is 0 Å². The Kier molecular flexibility index (Phi) is 5.58. The van der Waals surface area contributed by atoms with Gasteiger partial charge in [-0.05, 0) is 37.0 Å². The van der Waals surface area contributed by atoms with E-state index in [-0.39, 0.29) is 0 Å². The predicted octanol–water partition coefficient (Wildman–Crippen LogP) is 5.19. The highest BCUT2D eigenvalue weighted by atomic mass is 32.2. The first kappa shape index (κ1) is 15.6. The van der Waals surface area contributed by atoms with Gasteiger partial charge < -0.3 is 5.32 Å². The fraction of sp³-hybridized carbons (Fsp3) is 0.400. The molecule has 1 saturated carbocycles. The quantitative estimate of drug-likeness (QED) is 0.815. The molecule has 22 heavy (non-hydrogen) atoms. The first-order chi connectivity index (χ1) is 10.8. The maximum absolute atomic E-state index is 3.81. The maximum atomic E-state index is 3.81. The third-order valence-corrected chi connectivity index (χ3v) is 6.06. The van der Waals surface area contributed by atoms with Crippen LogP contribution in [0.4, 0.5) is 0 Å². The minimum atomic E-state index is 0.624. The van der Waals surface area contributed by atoms with Gasteiger partial charge in [-0.1, -0.05) is 61.4 Å². The van der Waals surface area contributed by atoms with Gasteiger partial charge in [-0.3, -0.25) is 0 Å². The summed E-state index contributed by atoms with van der Waals surface area (Å²) in [5.74, 6) is 0. The smallest absolute Gasteiger partial charge is 0.0248 e. The molecule has 2 aromatic carbocycles. The Morgan fingerprint density at radius 2 is 1.68 bits per heavy atom. The Balaban J connectivity index is 1.62. The fourth-order valence-corrected chi connectivity index (χ4v) is 4.59. The van der Waals surface area contributed by atoms with E-state index in [9.17, 15) is 0 Å². The van der Waals surface area contributed by atoms with Gasteiger partial charge in [0, 0.05) is 22.7 Å². The van der Waals surface area contributed by atoms with Crippen LogP contribution in [-0.4, -0.2) is 11.3 Å². The molecule has 0 unspecified atom stereocenters. The van der Waals surface area contributed by atoms with Crippen LogP contribution >= 0.6 is 11.8 Å². The number of nitrogens with one attached hydrogen (secondary N) is 1. The molecule has 1 aliphatic rings. The van der Waals surface area contributed by atoms with E-state index >= 15 is 0 Å². The van der Waals surface area contributed by atoms with E-state index < -0.39 is 0 Å². The molecule has 0 radical (unpaired) electrons. The van der Waals surface area contributed by atoms with Gasteiger partial charge in [-0.15, -0.1) is 11.8 Å². The molecule has 2 aromatic rings. The van der Waals surface area contributed by atoms with Crippen molar-refractivity contribution in [1.82, 2.24) is 5.32 Å². The van der Waals surface area contributed by atoms with Crippen LogP contribution in [0.1, 0.15) is 36.8 Å². The molecule has 0 saturated heterocycles. The molecule has 0 heterocycles. The zero-order valence-electron chi connectivity index (χ0n) is 13.3. The molecule has 1 nitrogen and oxygen atoms in total. The summed E-state index contributed by atoms with van der Waals surface area (Å²) < 4.78 is 0. The van der Waals surface area contributed by atoms with E-state index in [0.717, 1.165) is 6.54 Å². The fourth-order valence-electron chi connectivity index (χ4n) is 3.17. The lowest BCUT2D eigenvalue weighted by Gasteiger charge is -2.32. The second-order valence-corrected chi connectivity index (χ2v) is 7.46. The molecular formula is C20H25NS. The molecular weight excluding hydrogens is 286 g/mol. The van der Waals surface area contributed by atoms with E-state index in [2.05, 4.69) is 78.6 Å². The van der Waals surface area contributed by atoms with Crippen LogP contribution in [0.15, 0.2) is 59.5 Å². The van der Waals surface area contributed by atoms with Crippen LogP contribution < -0.4 is 5.32 Å². The molecule has 0 amide bonds. The molecule has 116 valence electrons. The lowest BCUT2D eigenvalue weighted by molar-refractivity contribution is 0.382. The van der Waals surface area contributed by atoms with Gasteiger partial charge in [0.1, 0.15) is 0 Å². The molecule has 0 bridgehead atoms. The van der Waals surface area contributed by atoms with Gasteiger partial charge in [0.2, 0.25) is 0 Å². The summed E-state index contributed by atoms with van der Waals surface area (Å²) in [6, 6.07) is 20.1. The van der Waals surface area contributed by atoms with Crippen LogP contribution in [-0.2, 0) is 6.54 Å². The van der Waals surface area contributed by atoms with E-state index in [1.807, 2.05) is 0 Å². The van der Waals surface area contributed by atoms with Crippen LogP contribution in [0.25, 0.3) is 0 Å². The zero-order chi connectivity index (χ0) is 15.2. The van der Waals surface area contributed by atoms with Crippen molar-refractivity contribution < 1.29 is 0 Å². The Hall–Kier alpha value is -1.25. The number of benzene rings is 2. The highest BCUT2D eigenvalue weighted by Crippen LogP contribution is 2.35. The lowest BCUT2D eigenvalue weighted by Crippen LogP contribution is -2.40. The molecule has 0 spiro atoms. The number of hydrogen-bond acceptors (Lipinski definition) is 2. The van der Waals surface area contributed by atoms with E-state index in [1.54, 1.807) is 0 Å². The Bertz CT molecular complexity index is 581. The summed E-state index contributed by atoms with van der Waals surface area (Å²) in [6.45, 7) is 3.20. The van der Waals surface area contributed by atoms with Gasteiger partial charge in [0.05, 0.1) is 0 Å². The average molecular weight is 311 g/mol. The van der Waals surface area contributed by atoms with E-state index in [0.29, 0.717) is 11.3 Å². The highest BCUT2D eigenvalue weighted by Gasteiger charge is 2.25. The van der Waals surface area contributed by atoms with E-state index in [1.165, 1.54) is 41.7 Å². The van der Waals surface area contributed by atoms with Crippen molar-refractivity contribution in [3.05, 3.63) is 65.7 Å². The van der Waals surface area contributed by atoms with Crippen LogP contribution in [0.3, 0.4) is 0 Å². The van der Waals surface area contributed by atoms with Crippen LogP contribution in [0.5, 0.6) is 0 Å². The number of thioether (sulfide) groups is 1. The summed E-state index contributed by atoms with van der Waals surface area (Å²) in [4.78, 5) is 1.45.